The first-order chi connectivity index (χ1) is 12.0. The van der Waals surface area contributed by atoms with Gasteiger partial charge in [-0.15, -0.1) is 0 Å². The first kappa shape index (κ1) is 15.7. The van der Waals surface area contributed by atoms with E-state index in [0.717, 1.165) is 21.5 Å². The molecule has 0 saturated carbocycles. The molecule has 6 nitrogen and oxygen atoms in total. The maximum absolute atomic E-state index is 12.4. The molecule has 0 aliphatic carbocycles. The Balaban J connectivity index is 1.49. The normalized spacial score (nSPS) is 13.0. The summed E-state index contributed by atoms with van der Waals surface area (Å²) >= 11 is 1.44. The van der Waals surface area contributed by atoms with Crippen LogP contribution in [0.4, 0.5) is 9.93 Å². The number of hydrogen-bond donors (Lipinski definition) is 2. The highest BCUT2D eigenvalue weighted by atomic mass is 32.1. The molecule has 1 aliphatic rings. The van der Waals surface area contributed by atoms with Crippen molar-refractivity contribution in [3.63, 3.8) is 0 Å². The van der Waals surface area contributed by atoms with Crippen molar-refractivity contribution in [1.29, 1.82) is 0 Å². The number of benzene rings is 2. The van der Waals surface area contributed by atoms with E-state index in [1.807, 2.05) is 56.3 Å². The standard InChI is InChI=1S/C18H17N3O3S/c1-18(2,11-7-8-13-14(9-11)24-10-23-13)21-16(22)20-17-19-12-5-3-4-6-15(12)25-17/h3-9H,10H2,1-2H3,(H2,19,20,21,22). The quantitative estimate of drug-likeness (QED) is 0.742. The lowest BCUT2D eigenvalue weighted by Gasteiger charge is -2.27. The summed E-state index contributed by atoms with van der Waals surface area (Å²) in [5, 5.41) is 6.36. The Labute approximate surface area is 148 Å². The van der Waals surface area contributed by atoms with Crippen LogP contribution in [0.25, 0.3) is 10.2 Å². The minimum atomic E-state index is -0.582. The van der Waals surface area contributed by atoms with E-state index in [-0.39, 0.29) is 12.8 Å². The van der Waals surface area contributed by atoms with E-state index in [1.165, 1.54) is 11.3 Å². The van der Waals surface area contributed by atoms with E-state index in [2.05, 4.69) is 15.6 Å². The van der Waals surface area contributed by atoms with E-state index >= 15 is 0 Å². The lowest BCUT2D eigenvalue weighted by atomic mass is 9.94. The minimum Gasteiger partial charge on any atom is -0.454 e. The molecule has 0 unspecified atom stereocenters. The minimum absolute atomic E-state index is 0.227. The van der Waals surface area contributed by atoms with Gasteiger partial charge in [0.05, 0.1) is 15.8 Å². The predicted octanol–water partition coefficient (Wildman–Crippen LogP) is 4.08. The zero-order chi connectivity index (χ0) is 17.4. The summed E-state index contributed by atoms with van der Waals surface area (Å²) in [4.78, 5) is 16.8. The largest absolute Gasteiger partial charge is 0.454 e. The van der Waals surface area contributed by atoms with Crippen molar-refractivity contribution in [3.8, 4) is 11.5 Å². The van der Waals surface area contributed by atoms with Crippen molar-refractivity contribution in [2.75, 3.05) is 12.1 Å². The molecule has 1 aliphatic heterocycles. The van der Waals surface area contributed by atoms with Gasteiger partial charge in [0, 0.05) is 0 Å². The molecule has 1 aromatic heterocycles. The number of rotatable bonds is 3. The Bertz CT molecular complexity index is 919. The second-order valence-corrected chi connectivity index (χ2v) is 7.29. The Morgan fingerprint density at radius 1 is 1.16 bits per heavy atom. The molecule has 128 valence electrons. The van der Waals surface area contributed by atoms with E-state index in [9.17, 15) is 4.79 Å². The zero-order valence-electron chi connectivity index (χ0n) is 13.8. The van der Waals surface area contributed by atoms with Crippen LogP contribution >= 0.6 is 11.3 Å². The van der Waals surface area contributed by atoms with Crippen LogP contribution in [-0.4, -0.2) is 17.8 Å². The fourth-order valence-corrected chi connectivity index (χ4v) is 3.56. The zero-order valence-corrected chi connectivity index (χ0v) is 14.6. The number of carbonyl (C=O) groups is 1. The molecule has 0 fully saturated rings. The second kappa shape index (κ2) is 5.93. The van der Waals surface area contributed by atoms with Gasteiger partial charge < -0.3 is 14.8 Å². The molecule has 25 heavy (non-hydrogen) atoms. The molecule has 2 N–H and O–H groups in total. The topological polar surface area (TPSA) is 72.5 Å². The lowest BCUT2D eigenvalue weighted by molar-refractivity contribution is 0.174. The SMILES string of the molecule is CC(C)(NC(=O)Nc1nc2ccccc2s1)c1ccc2c(c1)OCO2. The number of fused-ring (bicyclic) bond motifs is 2. The summed E-state index contributed by atoms with van der Waals surface area (Å²) in [5.41, 5.74) is 1.22. The fraction of sp³-hybridized carbons (Fsp3) is 0.222. The van der Waals surface area contributed by atoms with Crippen LogP contribution in [0.15, 0.2) is 42.5 Å². The molecule has 7 heteroatoms. The van der Waals surface area contributed by atoms with E-state index in [1.54, 1.807) is 0 Å². The highest BCUT2D eigenvalue weighted by molar-refractivity contribution is 7.22. The fourth-order valence-electron chi connectivity index (χ4n) is 2.70. The smallest absolute Gasteiger partial charge is 0.321 e. The molecule has 2 amide bonds. The summed E-state index contributed by atoms with van der Waals surface area (Å²) in [6.45, 7) is 4.09. The number of ether oxygens (including phenoxy) is 2. The summed E-state index contributed by atoms with van der Waals surface area (Å²) in [5.74, 6) is 1.41. The van der Waals surface area contributed by atoms with Crippen LogP contribution in [0.1, 0.15) is 19.4 Å². The molecule has 0 bridgehead atoms. The van der Waals surface area contributed by atoms with Crippen molar-refractivity contribution < 1.29 is 14.3 Å². The highest BCUT2D eigenvalue weighted by Gasteiger charge is 2.26. The van der Waals surface area contributed by atoms with Gasteiger partial charge in [-0.3, -0.25) is 5.32 Å². The van der Waals surface area contributed by atoms with Gasteiger partial charge in [0.25, 0.3) is 0 Å². The van der Waals surface area contributed by atoms with Crippen molar-refractivity contribution in [3.05, 3.63) is 48.0 Å². The molecule has 0 radical (unpaired) electrons. The first-order valence-electron chi connectivity index (χ1n) is 7.86. The summed E-state index contributed by atoms with van der Waals surface area (Å²) in [7, 11) is 0. The first-order valence-corrected chi connectivity index (χ1v) is 8.68. The van der Waals surface area contributed by atoms with Crippen LogP contribution in [0.3, 0.4) is 0 Å². The van der Waals surface area contributed by atoms with Gasteiger partial charge in [-0.25, -0.2) is 9.78 Å². The van der Waals surface area contributed by atoms with Gasteiger partial charge in [0.2, 0.25) is 6.79 Å². The maximum Gasteiger partial charge on any atom is 0.321 e. The van der Waals surface area contributed by atoms with Crippen molar-refractivity contribution >= 4 is 32.7 Å². The van der Waals surface area contributed by atoms with Crippen LogP contribution in [0.2, 0.25) is 0 Å². The number of para-hydroxylation sites is 1. The van der Waals surface area contributed by atoms with Crippen molar-refractivity contribution in [1.82, 2.24) is 10.3 Å². The summed E-state index contributed by atoms with van der Waals surface area (Å²) in [6.07, 6.45) is 0. The van der Waals surface area contributed by atoms with Gasteiger partial charge in [-0.05, 0) is 43.7 Å². The number of nitrogens with zero attached hydrogens (tertiary/aromatic N) is 1. The number of hydrogen-bond acceptors (Lipinski definition) is 5. The molecule has 2 aromatic carbocycles. The van der Waals surface area contributed by atoms with Gasteiger partial charge in [-0.2, -0.15) is 0 Å². The summed E-state index contributed by atoms with van der Waals surface area (Å²) < 4.78 is 11.8. The van der Waals surface area contributed by atoms with Crippen LogP contribution in [-0.2, 0) is 5.54 Å². The number of carbonyl (C=O) groups excluding carboxylic acids is 1. The Morgan fingerprint density at radius 3 is 2.80 bits per heavy atom. The third-order valence-corrected chi connectivity index (χ3v) is 4.99. The average Bonchev–Trinajstić information content (AvgIpc) is 3.19. The Hall–Kier alpha value is -2.80. The van der Waals surface area contributed by atoms with Gasteiger partial charge in [0.1, 0.15) is 0 Å². The molecule has 3 aromatic rings. The number of aromatic nitrogens is 1. The van der Waals surface area contributed by atoms with Crippen LogP contribution in [0, 0.1) is 0 Å². The molecular weight excluding hydrogens is 338 g/mol. The highest BCUT2D eigenvalue weighted by Crippen LogP contribution is 2.35. The third-order valence-electron chi connectivity index (χ3n) is 4.03. The summed E-state index contributed by atoms with van der Waals surface area (Å²) in [6, 6.07) is 13.1. The third kappa shape index (κ3) is 3.10. The second-order valence-electron chi connectivity index (χ2n) is 6.26. The molecular formula is C18H17N3O3S. The van der Waals surface area contributed by atoms with Gasteiger partial charge >= 0.3 is 6.03 Å². The molecule has 2 heterocycles. The van der Waals surface area contributed by atoms with Crippen LogP contribution in [0.5, 0.6) is 11.5 Å². The Kier molecular flexibility index (Phi) is 3.73. The predicted molar refractivity (Wildman–Crippen MR) is 97.4 cm³/mol. The van der Waals surface area contributed by atoms with Crippen LogP contribution < -0.4 is 20.1 Å². The molecule has 0 saturated heterocycles. The number of urea groups is 1. The molecule has 0 atom stereocenters. The molecule has 4 rings (SSSR count). The van der Waals surface area contributed by atoms with Crippen molar-refractivity contribution in [2.24, 2.45) is 0 Å². The van der Waals surface area contributed by atoms with Gasteiger partial charge in [0.15, 0.2) is 16.6 Å². The average molecular weight is 355 g/mol. The number of nitrogens with one attached hydrogen (secondary N) is 2. The Morgan fingerprint density at radius 2 is 1.96 bits per heavy atom. The number of thiazole rings is 1. The number of anilines is 1. The van der Waals surface area contributed by atoms with E-state index in [0.29, 0.717) is 10.9 Å². The van der Waals surface area contributed by atoms with E-state index < -0.39 is 5.54 Å². The lowest BCUT2D eigenvalue weighted by Crippen LogP contribution is -2.43. The van der Waals surface area contributed by atoms with E-state index in [4.69, 9.17) is 9.47 Å². The van der Waals surface area contributed by atoms with Crippen molar-refractivity contribution in [2.45, 2.75) is 19.4 Å². The number of amides is 2. The maximum atomic E-state index is 12.4. The molecule has 0 spiro atoms. The van der Waals surface area contributed by atoms with Gasteiger partial charge in [-0.1, -0.05) is 29.5 Å². The monoisotopic (exact) mass is 355 g/mol.